The van der Waals surface area contributed by atoms with Crippen molar-refractivity contribution in [1.82, 2.24) is 15.3 Å². The average molecular weight is 392 g/mol. The first kappa shape index (κ1) is 20.1. The Hall–Kier alpha value is -3.61. The smallest absolute Gasteiger partial charge is 0.269 e. The monoisotopic (exact) mass is 392 g/mol. The minimum absolute atomic E-state index is 0.203. The van der Waals surface area contributed by atoms with E-state index < -0.39 is 0 Å². The van der Waals surface area contributed by atoms with E-state index in [1.807, 2.05) is 36.4 Å². The molecule has 0 bridgehead atoms. The van der Waals surface area contributed by atoms with Crippen LogP contribution in [0.5, 0.6) is 11.5 Å². The topological polar surface area (TPSA) is 85.4 Å². The standard InChI is InChI=1S/C22H24N4O3/c1-28-20-6-3-16(13-21(20)29-2)9-12-24-22(27)19-5-4-18(15-26-19)25-14-17-7-10-23-11-8-17/h3-8,10-11,13,15,25H,9,12,14H2,1-2H3,(H,24,27). The molecule has 7 heteroatoms. The van der Waals surface area contributed by atoms with Crippen LogP contribution in [0.25, 0.3) is 0 Å². The minimum atomic E-state index is -0.203. The maximum Gasteiger partial charge on any atom is 0.269 e. The highest BCUT2D eigenvalue weighted by molar-refractivity contribution is 5.92. The molecule has 1 amide bonds. The summed E-state index contributed by atoms with van der Waals surface area (Å²) >= 11 is 0. The number of amides is 1. The predicted molar refractivity (Wildman–Crippen MR) is 111 cm³/mol. The summed E-state index contributed by atoms with van der Waals surface area (Å²) in [5, 5.41) is 6.16. The summed E-state index contributed by atoms with van der Waals surface area (Å²) in [6, 6.07) is 13.2. The molecule has 0 aliphatic heterocycles. The number of anilines is 1. The molecule has 0 atom stereocenters. The van der Waals surface area contributed by atoms with E-state index in [4.69, 9.17) is 9.47 Å². The second-order valence-electron chi connectivity index (χ2n) is 6.34. The van der Waals surface area contributed by atoms with Crippen LogP contribution < -0.4 is 20.1 Å². The lowest BCUT2D eigenvalue weighted by Crippen LogP contribution is -2.26. The van der Waals surface area contributed by atoms with E-state index in [2.05, 4.69) is 20.6 Å². The number of pyridine rings is 2. The second-order valence-corrected chi connectivity index (χ2v) is 6.34. The molecule has 0 radical (unpaired) electrons. The van der Waals surface area contributed by atoms with Gasteiger partial charge in [0.25, 0.3) is 5.91 Å². The van der Waals surface area contributed by atoms with Crippen LogP contribution in [0, 0.1) is 0 Å². The lowest BCUT2D eigenvalue weighted by molar-refractivity contribution is 0.0949. The molecule has 2 aromatic heterocycles. The molecule has 29 heavy (non-hydrogen) atoms. The number of aromatic nitrogens is 2. The van der Waals surface area contributed by atoms with Gasteiger partial charge in [-0.15, -0.1) is 0 Å². The molecule has 0 unspecified atom stereocenters. The van der Waals surface area contributed by atoms with Gasteiger partial charge in [-0.3, -0.25) is 9.78 Å². The van der Waals surface area contributed by atoms with Crippen molar-refractivity contribution < 1.29 is 14.3 Å². The molecule has 7 nitrogen and oxygen atoms in total. The summed E-state index contributed by atoms with van der Waals surface area (Å²) in [6.45, 7) is 1.17. The fraction of sp³-hybridized carbons (Fsp3) is 0.227. The number of ether oxygens (including phenoxy) is 2. The molecule has 3 rings (SSSR count). The van der Waals surface area contributed by atoms with E-state index >= 15 is 0 Å². The molecule has 0 fully saturated rings. The lowest BCUT2D eigenvalue weighted by atomic mass is 10.1. The zero-order chi connectivity index (χ0) is 20.5. The molecule has 0 aliphatic rings. The third-order valence-electron chi connectivity index (χ3n) is 4.39. The van der Waals surface area contributed by atoms with Gasteiger partial charge < -0.3 is 20.1 Å². The molecule has 0 saturated carbocycles. The Kier molecular flexibility index (Phi) is 7.00. The summed E-state index contributed by atoms with van der Waals surface area (Å²) in [5.41, 5.74) is 3.40. The zero-order valence-electron chi connectivity index (χ0n) is 16.5. The van der Waals surface area contributed by atoms with Crippen molar-refractivity contribution >= 4 is 11.6 Å². The van der Waals surface area contributed by atoms with Crippen molar-refractivity contribution in [3.63, 3.8) is 0 Å². The number of nitrogens with zero attached hydrogens (tertiary/aromatic N) is 2. The first-order valence-corrected chi connectivity index (χ1v) is 9.27. The van der Waals surface area contributed by atoms with Crippen molar-refractivity contribution in [3.8, 4) is 11.5 Å². The lowest BCUT2D eigenvalue weighted by Gasteiger charge is -2.10. The van der Waals surface area contributed by atoms with Crippen LogP contribution in [0.4, 0.5) is 5.69 Å². The fourth-order valence-electron chi connectivity index (χ4n) is 2.78. The van der Waals surface area contributed by atoms with Gasteiger partial charge in [-0.25, -0.2) is 4.98 Å². The number of carbonyl (C=O) groups is 1. The number of hydrogen-bond acceptors (Lipinski definition) is 6. The molecule has 0 saturated heterocycles. The van der Waals surface area contributed by atoms with Gasteiger partial charge in [-0.05, 0) is 53.9 Å². The number of rotatable bonds is 9. The first-order chi connectivity index (χ1) is 14.2. The molecule has 2 N–H and O–H groups in total. The van der Waals surface area contributed by atoms with Crippen LogP contribution in [0.15, 0.2) is 61.1 Å². The molecule has 3 aromatic rings. The van der Waals surface area contributed by atoms with E-state index in [1.165, 1.54) is 0 Å². The van der Waals surface area contributed by atoms with Crippen molar-refractivity contribution in [3.05, 3.63) is 77.9 Å². The van der Waals surface area contributed by atoms with Gasteiger partial charge in [0.15, 0.2) is 11.5 Å². The first-order valence-electron chi connectivity index (χ1n) is 9.27. The van der Waals surface area contributed by atoms with Gasteiger partial charge in [-0.1, -0.05) is 6.07 Å². The molecular formula is C22H24N4O3. The predicted octanol–water partition coefficient (Wildman–Crippen LogP) is 3.08. The Labute approximate surface area is 170 Å². The van der Waals surface area contributed by atoms with E-state index in [-0.39, 0.29) is 5.91 Å². The van der Waals surface area contributed by atoms with Crippen molar-refractivity contribution in [2.45, 2.75) is 13.0 Å². The Bertz CT molecular complexity index is 931. The summed E-state index contributed by atoms with van der Waals surface area (Å²) < 4.78 is 10.5. The van der Waals surface area contributed by atoms with Gasteiger partial charge in [0.05, 0.1) is 26.1 Å². The quantitative estimate of drug-likeness (QED) is 0.582. The minimum Gasteiger partial charge on any atom is -0.493 e. The molecule has 1 aromatic carbocycles. The van der Waals surface area contributed by atoms with Crippen LogP contribution >= 0.6 is 0 Å². The molecular weight excluding hydrogens is 368 g/mol. The largest absolute Gasteiger partial charge is 0.493 e. The number of benzene rings is 1. The van der Waals surface area contributed by atoms with Crippen molar-refractivity contribution in [1.29, 1.82) is 0 Å². The van der Waals surface area contributed by atoms with E-state index in [9.17, 15) is 4.79 Å². The van der Waals surface area contributed by atoms with Gasteiger partial charge in [0.2, 0.25) is 0 Å². The van der Waals surface area contributed by atoms with E-state index in [0.717, 1.165) is 16.8 Å². The molecule has 150 valence electrons. The molecule has 0 spiro atoms. The third-order valence-corrected chi connectivity index (χ3v) is 4.39. The van der Waals surface area contributed by atoms with Crippen LogP contribution in [0.3, 0.4) is 0 Å². The highest BCUT2D eigenvalue weighted by Gasteiger charge is 2.08. The van der Waals surface area contributed by atoms with Gasteiger partial charge in [0.1, 0.15) is 5.69 Å². The Morgan fingerprint density at radius 1 is 0.966 bits per heavy atom. The number of hydrogen-bond donors (Lipinski definition) is 2. The SMILES string of the molecule is COc1ccc(CCNC(=O)c2ccc(NCc3ccncc3)cn2)cc1OC. The normalized spacial score (nSPS) is 10.3. The Morgan fingerprint density at radius 2 is 1.76 bits per heavy atom. The second kappa shape index (κ2) is 10.1. The average Bonchev–Trinajstić information content (AvgIpc) is 2.78. The van der Waals surface area contributed by atoms with Gasteiger partial charge in [-0.2, -0.15) is 0 Å². The van der Waals surface area contributed by atoms with E-state index in [0.29, 0.717) is 36.7 Å². The van der Waals surface area contributed by atoms with Crippen LogP contribution in [-0.4, -0.2) is 36.6 Å². The number of nitrogens with one attached hydrogen (secondary N) is 2. The van der Waals surface area contributed by atoms with Crippen LogP contribution in [-0.2, 0) is 13.0 Å². The molecule has 0 aliphatic carbocycles. The fourth-order valence-corrected chi connectivity index (χ4v) is 2.78. The number of carbonyl (C=O) groups excluding carboxylic acids is 1. The van der Waals surface area contributed by atoms with Crippen LogP contribution in [0.1, 0.15) is 21.6 Å². The molecule has 2 heterocycles. The highest BCUT2D eigenvalue weighted by Crippen LogP contribution is 2.27. The van der Waals surface area contributed by atoms with Gasteiger partial charge >= 0.3 is 0 Å². The van der Waals surface area contributed by atoms with Crippen molar-refractivity contribution in [2.75, 3.05) is 26.1 Å². The maximum absolute atomic E-state index is 12.3. The summed E-state index contributed by atoms with van der Waals surface area (Å²) in [4.78, 5) is 20.5. The van der Waals surface area contributed by atoms with Crippen molar-refractivity contribution in [2.24, 2.45) is 0 Å². The summed E-state index contributed by atoms with van der Waals surface area (Å²) in [7, 11) is 3.20. The van der Waals surface area contributed by atoms with E-state index in [1.54, 1.807) is 38.9 Å². The van der Waals surface area contributed by atoms with Crippen LogP contribution in [0.2, 0.25) is 0 Å². The number of methoxy groups -OCH3 is 2. The zero-order valence-corrected chi connectivity index (χ0v) is 16.5. The van der Waals surface area contributed by atoms with Gasteiger partial charge in [0, 0.05) is 25.5 Å². The summed E-state index contributed by atoms with van der Waals surface area (Å²) in [6.07, 6.45) is 5.84. The third kappa shape index (κ3) is 5.68. The Morgan fingerprint density at radius 3 is 2.45 bits per heavy atom. The highest BCUT2D eigenvalue weighted by atomic mass is 16.5. The summed E-state index contributed by atoms with van der Waals surface area (Å²) in [5.74, 6) is 1.15. The maximum atomic E-state index is 12.3. The Balaban J connectivity index is 1.48.